The molecule has 0 unspecified atom stereocenters. The molecular formula is C17H17N3O6. The zero-order valence-electron chi connectivity index (χ0n) is 14.5. The molecule has 0 atom stereocenters. The number of carbonyl (C=O) groups excluding carboxylic acids is 2. The standard InChI is InChI=1S/C17H17N3O6/c1-17(2,3)25-16(22)19-9-8-12-13(15(19)21)14(18-26-12)10-6-4-5-7-11(10)20(23)24/h4-7H,8-9H2,1-3H3. The van der Waals surface area contributed by atoms with Crippen LogP contribution in [0.4, 0.5) is 10.5 Å². The number of fused-ring (bicyclic) bond motifs is 1. The van der Waals surface area contributed by atoms with Gasteiger partial charge >= 0.3 is 6.09 Å². The van der Waals surface area contributed by atoms with E-state index in [4.69, 9.17) is 9.26 Å². The first-order chi connectivity index (χ1) is 12.2. The van der Waals surface area contributed by atoms with Gasteiger partial charge in [0.2, 0.25) is 0 Å². The number of nitro groups is 1. The summed E-state index contributed by atoms with van der Waals surface area (Å²) in [5.74, 6) is -0.349. The molecule has 3 rings (SSSR count). The third-order valence-corrected chi connectivity index (χ3v) is 3.75. The molecule has 26 heavy (non-hydrogen) atoms. The quantitative estimate of drug-likeness (QED) is 0.597. The lowest BCUT2D eigenvalue weighted by molar-refractivity contribution is -0.384. The van der Waals surface area contributed by atoms with Crippen molar-refractivity contribution in [2.24, 2.45) is 0 Å². The van der Waals surface area contributed by atoms with Crippen molar-refractivity contribution in [1.82, 2.24) is 10.1 Å². The topological polar surface area (TPSA) is 116 Å². The van der Waals surface area contributed by atoms with E-state index >= 15 is 0 Å². The van der Waals surface area contributed by atoms with E-state index in [1.807, 2.05) is 0 Å². The van der Waals surface area contributed by atoms with Crippen LogP contribution in [0.15, 0.2) is 28.8 Å². The van der Waals surface area contributed by atoms with Gasteiger partial charge in [-0.25, -0.2) is 9.69 Å². The highest BCUT2D eigenvalue weighted by Crippen LogP contribution is 2.35. The van der Waals surface area contributed by atoms with E-state index in [9.17, 15) is 19.7 Å². The Kier molecular flexibility index (Phi) is 4.23. The average molecular weight is 359 g/mol. The Labute approximate surface area is 148 Å². The van der Waals surface area contributed by atoms with Crippen LogP contribution >= 0.6 is 0 Å². The average Bonchev–Trinajstić information content (AvgIpc) is 2.98. The molecule has 0 spiro atoms. The third-order valence-electron chi connectivity index (χ3n) is 3.75. The largest absolute Gasteiger partial charge is 0.443 e. The van der Waals surface area contributed by atoms with Crippen molar-refractivity contribution in [2.45, 2.75) is 32.8 Å². The van der Waals surface area contributed by atoms with Gasteiger partial charge in [0.25, 0.3) is 11.6 Å². The molecule has 0 radical (unpaired) electrons. The molecule has 1 aromatic carbocycles. The second-order valence-electron chi connectivity index (χ2n) is 6.79. The number of hydrogen-bond acceptors (Lipinski definition) is 7. The van der Waals surface area contributed by atoms with Crippen LogP contribution in [0.25, 0.3) is 11.3 Å². The molecule has 1 aliphatic heterocycles. The van der Waals surface area contributed by atoms with Crippen molar-refractivity contribution in [1.29, 1.82) is 0 Å². The van der Waals surface area contributed by atoms with Crippen molar-refractivity contribution in [2.75, 3.05) is 6.54 Å². The highest BCUT2D eigenvalue weighted by Gasteiger charge is 2.38. The number of ether oxygens (including phenoxy) is 1. The van der Waals surface area contributed by atoms with Crippen LogP contribution < -0.4 is 0 Å². The Morgan fingerprint density at radius 1 is 1.35 bits per heavy atom. The van der Waals surface area contributed by atoms with E-state index < -0.39 is 22.5 Å². The summed E-state index contributed by atoms with van der Waals surface area (Å²) in [7, 11) is 0. The molecule has 2 aromatic rings. The van der Waals surface area contributed by atoms with E-state index in [-0.39, 0.29) is 35.5 Å². The van der Waals surface area contributed by atoms with Gasteiger partial charge in [-0.15, -0.1) is 0 Å². The van der Waals surface area contributed by atoms with Crippen LogP contribution in [0.3, 0.4) is 0 Å². The number of imide groups is 1. The van der Waals surface area contributed by atoms with Gasteiger partial charge in [0.05, 0.1) is 10.5 Å². The van der Waals surface area contributed by atoms with Crippen LogP contribution in [0.5, 0.6) is 0 Å². The normalized spacial score (nSPS) is 14.1. The minimum atomic E-state index is -0.775. The molecule has 9 nitrogen and oxygen atoms in total. The second kappa shape index (κ2) is 6.25. The number of para-hydroxylation sites is 1. The highest BCUT2D eigenvalue weighted by molar-refractivity contribution is 6.08. The maximum Gasteiger partial charge on any atom is 0.417 e. The van der Waals surface area contributed by atoms with Gasteiger partial charge in [-0.3, -0.25) is 14.9 Å². The van der Waals surface area contributed by atoms with Gasteiger partial charge in [0.1, 0.15) is 16.9 Å². The van der Waals surface area contributed by atoms with Gasteiger partial charge in [0.15, 0.2) is 5.76 Å². The van der Waals surface area contributed by atoms with E-state index in [1.54, 1.807) is 26.8 Å². The summed E-state index contributed by atoms with van der Waals surface area (Å²) in [5, 5.41) is 15.1. The summed E-state index contributed by atoms with van der Waals surface area (Å²) in [5.41, 5.74) is -0.706. The Hall–Kier alpha value is -3.23. The molecule has 2 amide bonds. The molecular weight excluding hydrogens is 342 g/mol. The van der Waals surface area contributed by atoms with Gasteiger partial charge in [0, 0.05) is 19.0 Å². The number of amides is 2. The number of hydrogen-bond donors (Lipinski definition) is 0. The smallest absolute Gasteiger partial charge is 0.417 e. The zero-order chi connectivity index (χ0) is 19.1. The lowest BCUT2D eigenvalue weighted by atomic mass is 10.00. The van der Waals surface area contributed by atoms with Crippen LogP contribution in [0, 0.1) is 10.1 Å². The summed E-state index contributed by atoms with van der Waals surface area (Å²) in [6.07, 6.45) is -0.517. The predicted molar refractivity (Wildman–Crippen MR) is 89.6 cm³/mol. The summed E-state index contributed by atoms with van der Waals surface area (Å²) < 4.78 is 10.5. The molecule has 2 heterocycles. The molecule has 0 saturated carbocycles. The summed E-state index contributed by atoms with van der Waals surface area (Å²) in [4.78, 5) is 36.8. The molecule has 1 aliphatic rings. The van der Waals surface area contributed by atoms with Gasteiger partial charge in [-0.1, -0.05) is 17.3 Å². The number of rotatable bonds is 2. The van der Waals surface area contributed by atoms with Gasteiger partial charge < -0.3 is 9.26 Å². The predicted octanol–water partition coefficient (Wildman–Crippen LogP) is 3.18. The van der Waals surface area contributed by atoms with Crippen molar-refractivity contribution in [3.8, 4) is 11.3 Å². The fourth-order valence-corrected chi connectivity index (χ4v) is 2.67. The monoisotopic (exact) mass is 359 g/mol. The summed E-state index contributed by atoms with van der Waals surface area (Å²) >= 11 is 0. The number of nitrogens with zero attached hydrogens (tertiary/aromatic N) is 3. The molecule has 136 valence electrons. The SMILES string of the molecule is CC(C)(C)OC(=O)N1CCc2onc(-c3ccccc3[N+](=O)[O-])c2C1=O. The summed E-state index contributed by atoms with van der Waals surface area (Å²) in [6, 6.07) is 5.91. The van der Waals surface area contributed by atoms with E-state index in [0.29, 0.717) is 5.76 Å². The van der Waals surface area contributed by atoms with E-state index in [2.05, 4.69) is 5.16 Å². The fraction of sp³-hybridized carbons (Fsp3) is 0.353. The number of aromatic nitrogens is 1. The second-order valence-corrected chi connectivity index (χ2v) is 6.79. The maximum absolute atomic E-state index is 12.8. The van der Waals surface area contributed by atoms with Crippen LogP contribution in [0.1, 0.15) is 36.9 Å². The lowest BCUT2D eigenvalue weighted by Gasteiger charge is -2.28. The number of carbonyl (C=O) groups is 2. The van der Waals surface area contributed by atoms with Crippen molar-refractivity contribution >= 4 is 17.7 Å². The first kappa shape index (κ1) is 17.6. The zero-order valence-corrected chi connectivity index (χ0v) is 14.5. The minimum Gasteiger partial charge on any atom is -0.443 e. The molecule has 0 saturated heterocycles. The molecule has 0 bridgehead atoms. The summed E-state index contributed by atoms with van der Waals surface area (Å²) in [6.45, 7) is 5.18. The van der Waals surface area contributed by atoms with Gasteiger partial charge in [-0.05, 0) is 26.8 Å². The fourth-order valence-electron chi connectivity index (χ4n) is 2.67. The first-order valence-corrected chi connectivity index (χ1v) is 7.96. The van der Waals surface area contributed by atoms with Crippen LogP contribution in [-0.4, -0.2) is 39.1 Å². The van der Waals surface area contributed by atoms with Crippen molar-refractivity contribution < 1.29 is 23.8 Å². The Morgan fingerprint density at radius 3 is 2.69 bits per heavy atom. The molecule has 9 heteroatoms. The van der Waals surface area contributed by atoms with E-state index in [1.165, 1.54) is 18.2 Å². The molecule has 1 aromatic heterocycles. The third kappa shape index (κ3) is 3.15. The Morgan fingerprint density at radius 2 is 2.04 bits per heavy atom. The first-order valence-electron chi connectivity index (χ1n) is 7.96. The Balaban J connectivity index is 2.02. The lowest BCUT2D eigenvalue weighted by Crippen LogP contribution is -2.44. The van der Waals surface area contributed by atoms with Gasteiger partial charge in [-0.2, -0.15) is 0 Å². The molecule has 0 aliphatic carbocycles. The van der Waals surface area contributed by atoms with E-state index in [0.717, 1.165) is 4.90 Å². The van der Waals surface area contributed by atoms with Crippen molar-refractivity contribution in [3.63, 3.8) is 0 Å². The highest BCUT2D eigenvalue weighted by atomic mass is 16.6. The number of nitro benzene ring substituents is 1. The minimum absolute atomic E-state index is 0.0468. The molecule has 0 N–H and O–H groups in total. The van der Waals surface area contributed by atoms with Crippen LogP contribution in [-0.2, 0) is 11.2 Å². The number of benzene rings is 1. The maximum atomic E-state index is 12.8. The van der Waals surface area contributed by atoms with Crippen LogP contribution in [0.2, 0.25) is 0 Å². The van der Waals surface area contributed by atoms with Crippen molar-refractivity contribution in [3.05, 3.63) is 45.7 Å². The molecule has 0 fully saturated rings. The Bertz CT molecular complexity index is 896.